The second kappa shape index (κ2) is 16.7. The topological polar surface area (TPSA) is 46.7 Å². The maximum atomic E-state index is 13.9. The van der Waals surface area contributed by atoms with Gasteiger partial charge in [-0.15, -0.1) is 0 Å². The zero-order chi connectivity index (χ0) is 37.1. The van der Waals surface area contributed by atoms with Crippen molar-refractivity contribution < 1.29 is 18.6 Å². The SMILES string of the molecule is COc1ccc(COc2cc3c(cc2OC)CCN2C3Cc3c([nH]c4ccccc34)C2c2ccc(F)cc2)cc1.[B]B([B])B([B])B(B([B])[B])B([B])[B]. The summed E-state index contributed by atoms with van der Waals surface area (Å²) in [6, 6.07) is 27.9. The highest BCUT2D eigenvalue weighted by Crippen LogP contribution is 2.49. The molecule has 0 amide bonds. The van der Waals surface area contributed by atoms with Gasteiger partial charge in [-0.1, -0.05) is 42.5 Å². The number of nitrogens with zero attached hydrogens (tertiary/aromatic N) is 1. The van der Waals surface area contributed by atoms with Gasteiger partial charge in [0, 0.05) is 115 Å². The molecule has 0 spiro atoms. The molecule has 0 aliphatic carbocycles. The normalized spacial score (nSPS) is 15.9. The van der Waals surface area contributed by atoms with Gasteiger partial charge in [-0.05, 0) is 83.1 Å². The highest BCUT2D eigenvalue weighted by atomic mass is 19.1. The highest BCUT2D eigenvalue weighted by Gasteiger charge is 2.41. The number of ether oxygens (including phenoxy) is 3. The van der Waals surface area contributed by atoms with Crippen molar-refractivity contribution >= 4 is 97.0 Å². The third kappa shape index (κ3) is 8.02. The Hall–Kier alpha value is -3.51. The van der Waals surface area contributed by atoms with Crippen molar-refractivity contribution in [3.8, 4) is 17.2 Å². The lowest BCUT2D eigenvalue weighted by molar-refractivity contribution is 0.127. The average Bonchev–Trinajstić information content (AvgIpc) is 3.51. The molecule has 238 valence electrons. The van der Waals surface area contributed by atoms with Crippen LogP contribution in [-0.4, -0.2) is 117 Å². The van der Waals surface area contributed by atoms with Gasteiger partial charge in [-0.2, -0.15) is 0 Å². The molecule has 1 aromatic heterocycles. The van der Waals surface area contributed by atoms with Crippen molar-refractivity contribution in [2.75, 3.05) is 20.8 Å². The van der Waals surface area contributed by atoms with Gasteiger partial charge in [-0.25, -0.2) is 4.39 Å². The zero-order valence-electron chi connectivity index (χ0n) is 29.5. The van der Waals surface area contributed by atoms with E-state index in [0.29, 0.717) is 6.61 Å². The number of hydrogen-bond acceptors (Lipinski definition) is 4. The predicted molar refractivity (Wildman–Crippen MR) is 223 cm³/mol. The number of rotatable bonds is 10. The molecule has 2 aliphatic rings. The molecule has 5 aromatic rings. The van der Waals surface area contributed by atoms with E-state index in [2.05, 4.69) is 46.3 Å². The standard InChI is InChI=1S/C34H31FN2O3.B12/c1-38-25-13-7-21(8-14-25)20-40-32-19-27-23(17-31(32)39-2)15-16-37-30(27)18-28-26-5-3-4-6-29(26)36-33(28)34(37)22-9-11-24(35)12-10-22;1-8(2)11(7)12(9(3)4)10(5)6/h3-14,17,19,30,34,36H,15-16,18,20H2,1-2H3;. The second-order valence-corrected chi connectivity index (χ2v) is 13.5. The molecule has 3 heterocycles. The van der Waals surface area contributed by atoms with E-state index >= 15 is 0 Å². The van der Waals surface area contributed by atoms with Crippen LogP contribution in [0.1, 0.15) is 45.6 Å². The summed E-state index contributed by atoms with van der Waals surface area (Å²) in [7, 11) is 41.2. The fourth-order valence-corrected chi connectivity index (χ4v) is 7.48. The van der Waals surface area contributed by atoms with Crippen LogP contribution in [0.25, 0.3) is 10.9 Å². The first-order valence-electron chi connectivity index (χ1n) is 17.4. The minimum Gasteiger partial charge on any atom is -0.497 e. The van der Waals surface area contributed by atoms with E-state index in [1.165, 1.54) is 27.8 Å². The van der Waals surface area contributed by atoms with E-state index in [4.69, 9.17) is 68.4 Å². The number of para-hydroxylation sites is 1. The van der Waals surface area contributed by atoms with Gasteiger partial charge in [0.05, 0.1) is 20.3 Å². The molecule has 0 bridgehead atoms. The zero-order valence-corrected chi connectivity index (χ0v) is 29.5. The van der Waals surface area contributed by atoms with Crippen LogP contribution in [0.5, 0.6) is 17.2 Å². The first kappa shape index (κ1) is 38.2. The number of nitrogens with one attached hydrogen (secondary N) is 1. The molecule has 2 aliphatic heterocycles. The first-order valence-corrected chi connectivity index (χ1v) is 17.4. The van der Waals surface area contributed by atoms with E-state index in [1.807, 2.05) is 36.4 Å². The third-order valence-electron chi connectivity index (χ3n) is 10.2. The Bertz CT molecular complexity index is 1960. The van der Waals surface area contributed by atoms with E-state index in [-0.39, 0.29) is 17.9 Å². The summed E-state index contributed by atoms with van der Waals surface area (Å²) in [5.74, 6) is 2.09. The molecule has 4 aromatic carbocycles. The van der Waals surface area contributed by atoms with Crippen LogP contribution in [0.2, 0.25) is 0 Å². The Labute approximate surface area is 318 Å². The summed E-state index contributed by atoms with van der Waals surface area (Å²) < 4.78 is 31.4. The lowest BCUT2D eigenvalue weighted by Gasteiger charge is -2.46. The molecule has 18 heteroatoms. The van der Waals surface area contributed by atoms with Crippen LogP contribution in [0, 0.1) is 5.82 Å². The molecule has 5 nitrogen and oxygen atoms in total. The van der Waals surface area contributed by atoms with Crippen LogP contribution >= 0.6 is 0 Å². The van der Waals surface area contributed by atoms with Crippen molar-refractivity contribution in [2.45, 2.75) is 31.5 Å². The van der Waals surface area contributed by atoms with Gasteiger partial charge < -0.3 is 19.2 Å². The fraction of sp³-hybridized carbons (Fsp3) is 0.235. The highest BCUT2D eigenvalue weighted by molar-refractivity contribution is 8.05. The molecule has 0 fully saturated rings. The molecule has 52 heavy (non-hydrogen) atoms. The minimum atomic E-state index is -0.723. The summed E-state index contributed by atoms with van der Waals surface area (Å²) in [5.41, 5.74) is 8.37. The average molecular weight is 664 g/mol. The number of aromatic amines is 1. The van der Waals surface area contributed by atoms with Gasteiger partial charge >= 0.3 is 0 Å². The number of aromatic nitrogens is 1. The Morgan fingerprint density at radius 2 is 1.50 bits per heavy atom. The molecule has 2 atom stereocenters. The molecule has 2 unspecified atom stereocenters. The van der Waals surface area contributed by atoms with Gasteiger partial charge in [0.15, 0.2) is 11.5 Å². The number of fused-ring (bicyclic) bond motifs is 6. The Kier molecular flexibility index (Phi) is 12.2. The van der Waals surface area contributed by atoms with Crippen molar-refractivity contribution in [3.63, 3.8) is 0 Å². The van der Waals surface area contributed by atoms with E-state index in [0.717, 1.165) is 53.3 Å². The maximum absolute atomic E-state index is 13.9. The maximum Gasteiger partial charge on any atom is 0.162 e. The Morgan fingerprint density at radius 1 is 0.808 bits per heavy atom. The van der Waals surface area contributed by atoms with Crippen LogP contribution in [0.4, 0.5) is 4.39 Å². The Balaban J connectivity index is 0.000000335. The third-order valence-corrected chi connectivity index (χ3v) is 10.2. The largest absolute Gasteiger partial charge is 0.497 e. The van der Waals surface area contributed by atoms with Gasteiger partial charge in [0.1, 0.15) is 18.2 Å². The summed E-state index contributed by atoms with van der Waals surface area (Å²) in [6.07, 6.45) is -1.44. The first-order chi connectivity index (χ1) is 25.0. The summed E-state index contributed by atoms with van der Waals surface area (Å²) >= 11 is 0. The summed E-state index contributed by atoms with van der Waals surface area (Å²) in [6.45, 7) is 1.32. The molecular formula is C34H31B12FN2O3. The van der Waals surface area contributed by atoms with Gasteiger partial charge in [0.2, 0.25) is 0 Å². The molecule has 0 saturated heterocycles. The number of methoxy groups -OCH3 is 2. The Morgan fingerprint density at radius 3 is 2.12 bits per heavy atom. The summed E-state index contributed by atoms with van der Waals surface area (Å²) in [4.78, 5) is 6.29. The molecule has 14 radical (unpaired) electrons. The van der Waals surface area contributed by atoms with Crippen molar-refractivity contribution in [3.05, 3.63) is 124 Å². The monoisotopic (exact) mass is 666 g/mol. The quantitative estimate of drug-likeness (QED) is 0.234. The van der Waals surface area contributed by atoms with Crippen LogP contribution in [-0.2, 0) is 19.4 Å². The second-order valence-electron chi connectivity index (χ2n) is 13.5. The van der Waals surface area contributed by atoms with Crippen molar-refractivity contribution in [1.82, 2.24) is 9.88 Å². The van der Waals surface area contributed by atoms with E-state index in [1.54, 1.807) is 26.4 Å². The van der Waals surface area contributed by atoms with Crippen molar-refractivity contribution in [2.24, 2.45) is 0 Å². The van der Waals surface area contributed by atoms with Gasteiger partial charge in [0.25, 0.3) is 0 Å². The lowest BCUT2D eigenvalue weighted by Crippen LogP contribution is -2.67. The molecule has 1 N–H and O–H groups in total. The van der Waals surface area contributed by atoms with Gasteiger partial charge in [-0.3, -0.25) is 4.90 Å². The molecular weight excluding hydrogens is 633 g/mol. The lowest BCUT2D eigenvalue weighted by atomic mass is 8.53. The molecule has 0 saturated carbocycles. The number of benzene rings is 4. The predicted octanol–water partition coefficient (Wildman–Crippen LogP) is 2.58. The number of halogens is 1. The fourth-order valence-electron chi connectivity index (χ4n) is 7.48. The van der Waals surface area contributed by atoms with Crippen LogP contribution in [0.15, 0.2) is 84.9 Å². The van der Waals surface area contributed by atoms with Crippen LogP contribution < -0.4 is 14.2 Å². The number of H-pyrrole nitrogens is 1. The smallest absolute Gasteiger partial charge is 0.162 e. The van der Waals surface area contributed by atoms with Crippen LogP contribution in [0.3, 0.4) is 0 Å². The number of hydrogen-bond donors (Lipinski definition) is 1. The van der Waals surface area contributed by atoms with Crippen molar-refractivity contribution in [1.29, 1.82) is 0 Å². The minimum absolute atomic E-state index is 0.000620. The molecule has 7 rings (SSSR count). The van der Waals surface area contributed by atoms with E-state index < -0.39 is 31.9 Å². The van der Waals surface area contributed by atoms with E-state index in [9.17, 15) is 4.39 Å². The summed E-state index contributed by atoms with van der Waals surface area (Å²) in [5, 5.41) is 1.25.